The van der Waals surface area contributed by atoms with Crippen LogP contribution in [0.3, 0.4) is 0 Å². The third-order valence-corrected chi connectivity index (χ3v) is 1.90. The molecule has 68 valence electrons. The Balaban J connectivity index is 2.71. The first-order valence-electron chi connectivity index (χ1n) is 3.56. The molecule has 1 aromatic heterocycles. The van der Waals surface area contributed by atoms with Crippen molar-refractivity contribution in [2.75, 3.05) is 6.54 Å². The Labute approximate surface area is 88.9 Å². The number of hydrogen-bond donors (Lipinski definition) is 1. The van der Waals surface area contributed by atoms with Gasteiger partial charge in [-0.25, -0.2) is 0 Å². The SMILES string of the molecule is O=CCNC(=O)c1cncc(I)c1. The molecular formula is C8H7IN2O2. The number of pyridine rings is 1. The van der Waals surface area contributed by atoms with Gasteiger partial charge in [-0.2, -0.15) is 0 Å². The van der Waals surface area contributed by atoms with E-state index in [1.807, 2.05) is 0 Å². The molecule has 1 N–H and O–H groups in total. The zero-order valence-corrected chi connectivity index (χ0v) is 8.82. The third-order valence-electron chi connectivity index (χ3n) is 1.31. The zero-order valence-electron chi connectivity index (χ0n) is 6.66. The van der Waals surface area contributed by atoms with Crippen LogP contribution in [0, 0.1) is 3.57 Å². The monoisotopic (exact) mass is 290 g/mol. The summed E-state index contributed by atoms with van der Waals surface area (Å²) in [5.41, 5.74) is 0.466. The lowest BCUT2D eigenvalue weighted by molar-refractivity contribution is -0.107. The molecule has 0 fully saturated rings. The molecule has 1 amide bonds. The lowest BCUT2D eigenvalue weighted by atomic mass is 10.3. The molecule has 5 heteroatoms. The highest BCUT2D eigenvalue weighted by Crippen LogP contribution is 2.04. The van der Waals surface area contributed by atoms with Gasteiger partial charge in [0, 0.05) is 16.0 Å². The number of nitrogens with one attached hydrogen (secondary N) is 1. The van der Waals surface area contributed by atoms with Gasteiger partial charge in [-0.15, -0.1) is 0 Å². The molecule has 0 saturated carbocycles. The zero-order chi connectivity index (χ0) is 9.68. The molecule has 0 spiro atoms. The van der Waals surface area contributed by atoms with Gasteiger partial charge in [0.15, 0.2) is 0 Å². The van der Waals surface area contributed by atoms with E-state index in [9.17, 15) is 9.59 Å². The number of halogens is 1. The molecule has 0 aromatic carbocycles. The van der Waals surface area contributed by atoms with Crippen LogP contribution in [0.2, 0.25) is 0 Å². The van der Waals surface area contributed by atoms with Crippen molar-refractivity contribution in [2.45, 2.75) is 0 Å². The largest absolute Gasteiger partial charge is 0.345 e. The predicted molar refractivity (Wildman–Crippen MR) is 55.4 cm³/mol. The summed E-state index contributed by atoms with van der Waals surface area (Å²) in [6.45, 7) is 0.0321. The van der Waals surface area contributed by atoms with Crippen molar-refractivity contribution in [1.82, 2.24) is 10.3 Å². The summed E-state index contributed by atoms with van der Waals surface area (Å²) >= 11 is 2.06. The number of hydrogen-bond acceptors (Lipinski definition) is 3. The van der Waals surface area contributed by atoms with Gasteiger partial charge in [-0.3, -0.25) is 9.78 Å². The third kappa shape index (κ3) is 3.10. The van der Waals surface area contributed by atoms with Gasteiger partial charge in [0.05, 0.1) is 12.1 Å². The number of nitrogens with zero attached hydrogens (tertiary/aromatic N) is 1. The smallest absolute Gasteiger partial charge is 0.253 e. The van der Waals surface area contributed by atoms with E-state index in [1.165, 1.54) is 6.20 Å². The molecule has 0 aliphatic carbocycles. The highest BCUT2D eigenvalue weighted by Gasteiger charge is 2.04. The Morgan fingerprint density at radius 2 is 2.38 bits per heavy atom. The summed E-state index contributed by atoms with van der Waals surface area (Å²) < 4.78 is 0.886. The minimum atomic E-state index is -0.280. The van der Waals surface area contributed by atoms with Gasteiger partial charge in [0.1, 0.15) is 6.29 Å². The van der Waals surface area contributed by atoms with E-state index in [0.717, 1.165) is 3.57 Å². The summed E-state index contributed by atoms with van der Waals surface area (Å²) in [6.07, 6.45) is 3.75. The van der Waals surface area contributed by atoms with E-state index in [4.69, 9.17) is 0 Å². The van der Waals surface area contributed by atoms with Gasteiger partial charge in [0.2, 0.25) is 0 Å². The highest BCUT2D eigenvalue weighted by molar-refractivity contribution is 14.1. The first-order valence-corrected chi connectivity index (χ1v) is 4.64. The predicted octanol–water partition coefficient (Wildman–Crippen LogP) is 0.615. The van der Waals surface area contributed by atoms with Crippen LogP contribution in [0.4, 0.5) is 0 Å². The van der Waals surface area contributed by atoms with Crippen LogP contribution in [-0.2, 0) is 4.79 Å². The van der Waals surface area contributed by atoms with E-state index in [0.29, 0.717) is 11.8 Å². The van der Waals surface area contributed by atoms with Crippen molar-refractivity contribution in [3.63, 3.8) is 0 Å². The lowest BCUT2D eigenvalue weighted by Gasteiger charge is -2.00. The van der Waals surface area contributed by atoms with Crippen LogP contribution in [0.25, 0.3) is 0 Å². The van der Waals surface area contributed by atoms with Crippen LogP contribution < -0.4 is 5.32 Å². The Morgan fingerprint density at radius 1 is 1.62 bits per heavy atom. The Kier molecular flexibility index (Phi) is 3.81. The van der Waals surface area contributed by atoms with Gasteiger partial charge in [-0.1, -0.05) is 0 Å². The van der Waals surface area contributed by atoms with Crippen LogP contribution in [0.15, 0.2) is 18.5 Å². The number of carbonyl (C=O) groups is 2. The minimum absolute atomic E-state index is 0.0321. The number of amides is 1. The van der Waals surface area contributed by atoms with E-state index in [2.05, 4.69) is 32.9 Å². The first kappa shape index (κ1) is 10.1. The Bertz CT molecular complexity index is 328. The Morgan fingerprint density at radius 3 is 3.00 bits per heavy atom. The lowest BCUT2D eigenvalue weighted by Crippen LogP contribution is -2.25. The number of aldehydes is 1. The molecule has 4 nitrogen and oxygen atoms in total. The maximum Gasteiger partial charge on any atom is 0.253 e. The van der Waals surface area contributed by atoms with E-state index >= 15 is 0 Å². The number of rotatable bonds is 3. The molecular weight excluding hydrogens is 283 g/mol. The molecule has 0 aliphatic heterocycles. The normalized spacial score (nSPS) is 9.31. The summed E-state index contributed by atoms with van der Waals surface area (Å²) in [5, 5.41) is 2.43. The molecule has 0 unspecified atom stereocenters. The molecule has 0 aliphatic rings. The van der Waals surface area contributed by atoms with Crippen LogP contribution in [0.5, 0.6) is 0 Å². The molecule has 0 radical (unpaired) electrons. The van der Waals surface area contributed by atoms with Gasteiger partial charge in [0.25, 0.3) is 5.91 Å². The summed E-state index contributed by atoms with van der Waals surface area (Å²) in [6, 6.07) is 1.70. The molecule has 0 bridgehead atoms. The van der Waals surface area contributed by atoms with E-state index in [-0.39, 0.29) is 12.5 Å². The fourth-order valence-electron chi connectivity index (χ4n) is 0.772. The highest BCUT2D eigenvalue weighted by atomic mass is 127. The molecule has 0 saturated heterocycles. The average Bonchev–Trinajstić information content (AvgIpc) is 2.14. The van der Waals surface area contributed by atoms with Crippen molar-refractivity contribution >= 4 is 34.8 Å². The summed E-state index contributed by atoms with van der Waals surface area (Å²) in [7, 11) is 0. The molecule has 1 aromatic rings. The summed E-state index contributed by atoms with van der Waals surface area (Å²) in [4.78, 5) is 25.1. The maximum absolute atomic E-state index is 11.2. The van der Waals surface area contributed by atoms with Crippen molar-refractivity contribution in [3.8, 4) is 0 Å². The second kappa shape index (κ2) is 4.90. The van der Waals surface area contributed by atoms with Crippen LogP contribution in [-0.4, -0.2) is 23.7 Å². The maximum atomic E-state index is 11.2. The van der Waals surface area contributed by atoms with Crippen molar-refractivity contribution in [3.05, 3.63) is 27.6 Å². The molecule has 13 heavy (non-hydrogen) atoms. The van der Waals surface area contributed by atoms with Crippen molar-refractivity contribution in [1.29, 1.82) is 0 Å². The fourth-order valence-corrected chi connectivity index (χ4v) is 1.27. The molecule has 1 rings (SSSR count). The van der Waals surface area contributed by atoms with Crippen molar-refractivity contribution in [2.24, 2.45) is 0 Å². The summed E-state index contributed by atoms with van der Waals surface area (Å²) in [5.74, 6) is -0.280. The molecule has 0 atom stereocenters. The minimum Gasteiger partial charge on any atom is -0.345 e. The topological polar surface area (TPSA) is 59.1 Å². The van der Waals surface area contributed by atoms with Gasteiger partial charge >= 0.3 is 0 Å². The fraction of sp³-hybridized carbons (Fsp3) is 0.125. The van der Waals surface area contributed by atoms with Gasteiger partial charge in [-0.05, 0) is 28.7 Å². The standard InChI is InChI=1S/C8H7IN2O2/c9-7-3-6(4-10-5-7)8(13)11-1-2-12/h2-5H,1H2,(H,11,13). The number of aromatic nitrogens is 1. The number of carbonyl (C=O) groups excluding carboxylic acids is 2. The Hall–Kier alpha value is -0.980. The second-order valence-corrected chi connectivity index (χ2v) is 3.51. The quantitative estimate of drug-likeness (QED) is 0.655. The van der Waals surface area contributed by atoms with Crippen molar-refractivity contribution < 1.29 is 9.59 Å². The van der Waals surface area contributed by atoms with Crippen LogP contribution >= 0.6 is 22.6 Å². The first-order chi connectivity index (χ1) is 6.24. The second-order valence-electron chi connectivity index (χ2n) is 2.27. The van der Waals surface area contributed by atoms with E-state index < -0.39 is 0 Å². The average molecular weight is 290 g/mol. The van der Waals surface area contributed by atoms with Crippen LogP contribution in [0.1, 0.15) is 10.4 Å². The van der Waals surface area contributed by atoms with E-state index in [1.54, 1.807) is 12.3 Å². The molecule has 1 heterocycles. The van der Waals surface area contributed by atoms with Gasteiger partial charge < -0.3 is 10.1 Å².